The number of likely N-dealkylation sites (tertiary alicyclic amines) is 1. The fourth-order valence-corrected chi connectivity index (χ4v) is 5.25. The first-order valence-corrected chi connectivity index (χ1v) is 11.6. The van der Waals surface area contributed by atoms with E-state index in [2.05, 4.69) is 5.32 Å². The van der Waals surface area contributed by atoms with Gasteiger partial charge in [-0.3, -0.25) is 4.79 Å². The van der Waals surface area contributed by atoms with E-state index in [0.29, 0.717) is 39.0 Å². The summed E-state index contributed by atoms with van der Waals surface area (Å²) in [5.74, 6) is -0.288. The van der Waals surface area contributed by atoms with E-state index in [0.717, 1.165) is 0 Å². The highest BCUT2D eigenvalue weighted by molar-refractivity contribution is 7.89. The maximum Gasteiger partial charge on any atom is 0.317 e. The normalized spacial score (nSPS) is 18.6. The summed E-state index contributed by atoms with van der Waals surface area (Å²) in [6.07, 6.45) is 1.37. The van der Waals surface area contributed by atoms with Gasteiger partial charge in [0.1, 0.15) is 0 Å². The molecule has 2 aliphatic heterocycles. The van der Waals surface area contributed by atoms with Crippen molar-refractivity contribution in [1.29, 1.82) is 0 Å². The zero-order valence-corrected chi connectivity index (χ0v) is 18.5. The minimum absolute atomic E-state index is 0.0464. The van der Waals surface area contributed by atoms with E-state index in [9.17, 15) is 18.0 Å². The van der Waals surface area contributed by atoms with E-state index in [1.54, 1.807) is 18.7 Å². The quantitative estimate of drug-likeness (QED) is 0.755. The molecule has 0 saturated carbocycles. The predicted molar refractivity (Wildman–Crippen MR) is 111 cm³/mol. The second-order valence-corrected chi connectivity index (χ2v) is 10.1. The third-order valence-electron chi connectivity index (χ3n) is 5.65. The highest BCUT2D eigenvalue weighted by Crippen LogP contribution is 2.26. The highest BCUT2D eigenvalue weighted by Gasteiger charge is 2.33. The van der Waals surface area contributed by atoms with Crippen molar-refractivity contribution in [2.45, 2.75) is 43.7 Å². The average molecular weight is 443 g/mol. The van der Waals surface area contributed by atoms with Crippen LogP contribution in [0.2, 0.25) is 5.02 Å². The molecule has 0 bridgehead atoms. The number of amides is 3. The third-order valence-corrected chi connectivity index (χ3v) is 8.01. The van der Waals surface area contributed by atoms with Crippen LogP contribution in [0.1, 0.15) is 37.0 Å². The highest BCUT2D eigenvalue weighted by atomic mass is 35.5. The largest absolute Gasteiger partial charge is 0.338 e. The van der Waals surface area contributed by atoms with E-state index in [-0.39, 0.29) is 39.5 Å². The van der Waals surface area contributed by atoms with Gasteiger partial charge >= 0.3 is 6.03 Å². The molecule has 1 aromatic carbocycles. The van der Waals surface area contributed by atoms with Crippen molar-refractivity contribution in [2.24, 2.45) is 0 Å². The van der Waals surface area contributed by atoms with Gasteiger partial charge in [0.2, 0.25) is 10.0 Å². The Morgan fingerprint density at radius 2 is 1.90 bits per heavy atom. The summed E-state index contributed by atoms with van der Waals surface area (Å²) in [5.41, 5.74) is 0.183. The molecule has 0 radical (unpaired) electrons. The summed E-state index contributed by atoms with van der Waals surface area (Å²) < 4.78 is 26.8. The number of nitrogens with one attached hydrogen (secondary N) is 1. The molecule has 29 heavy (non-hydrogen) atoms. The van der Waals surface area contributed by atoms with Gasteiger partial charge in [0.05, 0.1) is 15.5 Å². The Labute approximate surface area is 176 Å². The first-order valence-electron chi connectivity index (χ1n) is 9.74. The molecule has 1 aromatic rings. The molecule has 1 N–H and O–H groups in total. The van der Waals surface area contributed by atoms with Crippen LogP contribution >= 0.6 is 11.6 Å². The van der Waals surface area contributed by atoms with E-state index in [1.807, 2.05) is 4.90 Å². The van der Waals surface area contributed by atoms with E-state index >= 15 is 0 Å². The van der Waals surface area contributed by atoms with Crippen LogP contribution in [-0.2, 0) is 10.0 Å². The van der Waals surface area contributed by atoms with Crippen LogP contribution < -0.4 is 5.32 Å². The van der Waals surface area contributed by atoms with Crippen LogP contribution in [0.4, 0.5) is 4.79 Å². The van der Waals surface area contributed by atoms with Gasteiger partial charge < -0.3 is 15.1 Å². The minimum atomic E-state index is -3.71. The second kappa shape index (κ2) is 8.49. The van der Waals surface area contributed by atoms with E-state index in [1.165, 1.54) is 29.6 Å². The van der Waals surface area contributed by atoms with Crippen LogP contribution in [0.25, 0.3) is 0 Å². The fourth-order valence-electron chi connectivity index (χ4n) is 3.66. The van der Waals surface area contributed by atoms with Crippen molar-refractivity contribution in [1.82, 2.24) is 19.4 Å². The molecule has 2 saturated heterocycles. The van der Waals surface area contributed by atoms with Gasteiger partial charge in [-0.25, -0.2) is 13.2 Å². The Hall–Kier alpha value is -1.84. The average Bonchev–Trinajstić information content (AvgIpc) is 3.13. The van der Waals surface area contributed by atoms with Gasteiger partial charge in [-0.15, -0.1) is 0 Å². The Morgan fingerprint density at radius 1 is 1.24 bits per heavy atom. The lowest BCUT2D eigenvalue weighted by Crippen LogP contribution is -2.47. The van der Waals surface area contributed by atoms with Crippen LogP contribution in [0.3, 0.4) is 0 Å². The zero-order valence-electron chi connectivity index (χ0n) is 16.9. The molecule has 160 valence electrons. The summed E-state index contributed by atoms with van der Waals surface area (Å²) in [4.78, 5) is 28.4. The number of piperidine rings is 1. The van der Waals surface area contributed by atoms with Gasteiger partial charge in [0, 0.05) is 45.3 Å². The molecule has 0 atom stereocenters. The maximum atomic E-state index is 13.0. The van der Waals surface area contributed by atoms with Gasteiger partial charge in [-0.2, -0.15) is 4.31 Å². The number of carbonyl (C=O) groups is 2. The lowest BCUT2D eigenvalue weighted by Gasteiger charge is -2.36. The number of urea groups is 1. The second-order valence-electron chi connectivity index (χ2n) is 7.71. The lowest BCUT2D eigenvalue weighted by atomic mass is 10.0. The lowest BCUT2D eigenvalue weighted by molar-refractivity contribution is 0.0666. The first kappa shape index (κ1) is 21.9. The minimum Gasteiger partial charge on any atom is -0.338 e. The van der Waals surface area contributed by atoms with Gasteiger partial charge in [0.15, 0.2) is 0 Å². The van der Waals surface area contributed by atoms with Gasteiger partial charge in [-0.05, 0) is 44.9 Å². The molecule has 2 aliphatic rings. The van der Waals surface area contributed by atoms with Crippen LogP contribution in [-0.4, -0.2) is 79.8 Å². The van der Waals surface area contributed by atoms with Crippen molar-refractivity contribution < 1.29 is 18.0 Å². The van der Waals surface area contributed by atoms with Gasteiger partial charge in [-0.1, -0.05) is 11.6 Å². The van der Waals surface area contributed by atoms with Gasteiger partial charge in [0.25, 0.3) is 5.91 Å². The van der Waals surface area contributed by atoms with Crippen molar-refractivity contribution in [3.05, 3.63) is 28.8 Å². The number of hydrogen-bond donors (Lipinski definition) is 1. The van der Waals surface area contributed by atoms with Crippen LogP contribution in [0.5, 0.6) is 0 Å². The molecule has 0 aliphatic carbocycles. The molecular formula is C19H27ClN4O4S. The Morgan fingerprint density at radius 3 is 2.45 bits per heavy atom. The monoisotopic (exact) mass is 442 g/mol. The molecular weight excluding hydrogens is 416 g/mol. The molecule has 3 rings (SSSR count). The van der Waals surface area contributed by atoms with Crippen LogP contribution in [0, 0.1) is 0 Å². The van der Waals surface area contributed by atoms with Crippen molar-refractivity contribution in [3.8, 4) is 0 Å². The molecule has 8 nitrogen and oxygen atoms in total. The van der Waals surface area contributed by atoms with E-state index in [4.69, 9.17) is 11.6 Å². The Kier molecular flexibility index (Phi) is 6.40. The van der Waals surface area contributed by atoms with Crippen molar-refractivity contribution in [2.75, 3.05) is 33.2 Å². The summed E-state index contributed by atoms with van der Waals surface area (Å²) in [6, 6.07) is 4.09. The first-order chi connectivity index (χ1) is 13.6. The number of sulfonamides is 1. The molecule has 3 amide bonds. The maximum absolute atomic E-state index is 13.0. The van der Waals surface area contributed by atoms with Crippen LogP contribution in [0.15, 0.2) is 23.1 Å². The summed E-state index contributed by atoms with van der Waals surface area (Å²) in [7, 11) is -2.21. The fraction of sp³-hybridized carbons (Fsp3) is 0.579. The molecule has 0 aromatic heterocycles. The Bertz CT molecular complexity index is 897. The van der Waals surface area contributed by atoms with Crippen molar-refractivity contribution in [3.63, 3.8) is 0 Å². The Balaban J connectivity index is 1.75. The number of carbonyl (C=O) groups excluding carboxylic acids is 2. The molecule has 10 heteroatoms. The molecule has 2 heterocycles. The smallest absolute Gasteiger partial charge is 0.317 e. The topological polar surface area (TPSA) is 90.0 Å². The summed E-state index contributed by atoms with van der Waals surface area (Å²) in [5, 5.41) is 3.02. The third kappa shape index (κ3) is 4.36. The predicted octanol–water partition coefficient (Wildman–Crippen LogP) is 2.00. The van der Waals surface area contributed by atoms with E-state index < -0.39 is 10.0 Å². The van der Waals surface area contributed by atoms with Crippen molar-refractivity contribution >= 4 is 33.6 Å². The molecule has 0 spiro atoms. The number of rotatable bonds is 5. The standard InChI is InChI=1S/C19H27ClN4O4S/c1-13(2)22(3)29(27,28)15-4-5-17(20)16(12-15)18(25)23-9-6-14(7-10-23)24-11-8-21-19(24)26/h4-5,12-14H,6-11H2,1-3H3,(H,21,26). The number of hydrogen-bond acceptors (Lipinski definition) is 4. The summed E-state index contributed by atoms with van der Waals surface area (Å²) in [6.45, 7) is 5.89. The summed E-state index contributed by atoms with van der Waals surface area (Å²) >= 11 is 6.24. The SMILES string of the molecule is CC(C)N(C)S(=O)(=O)c1ccc(Cl)c(C(=O)N2CCC(N3CCNC3=O)CC2)c1. The number of nitrogens with zero attached hydrogens (tertiary/aromatic N) is 3. The number of benzene rings is 1. The number of halogens is 1. The molecule has 0 unspecified atom stereocenters. The molecule has 2 fully saturated rings. The zero-order chi connectivity index (χ0) is 21.3.